The van der Waals surface area contributed by atoms with Gasteiger partial charge in [-0.1, -0.05) is 11.6 Å². The van der Waals surface area contributed by atoms with E-state index in [1.54, 1.807) is 0 Å². The van der Waals surface area contributed by atoms with E-state index in [-0.39, 0.29) is 16.3 Å². The molecule has 0 aliphatic heterocycles. The average Bonchev–Trinajstić information content (AvgIpc) is 2.53. The Balaban J connectivity index is 2.49. The van der Waals surface area contributed by atoms with Crippen LogP contribution in [-0.4, -0.2) is 21.4 Å². The maximum atomic E-state index is 12.8. The second-order valence-corrected chi connectivity index (χ2v) is 7.37. The zero-order valence-electron chi connectivity index (χ0n) is 12.7. The molecular weight excluding hydrogens is 381 g/mol. The van der Waals surface area contributed by atoms with Gasteiger partial charge in [-0.25, -0.2) is 8.42 Å². The second-order valence-electron chi connectivity index (χ2n) is 5.03. The van der Waals surface area contributed by atoms with E-state index in [4.69, 9.17) is 17.3 Å². The normalized spacial score (nSPS) is 12.0. The van der Waals surface area contributed by atoms with E-state index in [1.807, 2.05) is 0 Å². The Morgan fingerprint density at radius 2 is 1.68 bits per heavy atom. The monoisotopic (exact) mass is 392 g/mol. The van der Waals surface area contributed by atoms with Crippen molar-refractivity contribution in [3.8, 4) is 0 Å². The number of hydrogen-bond donors (Lipinski definition) is 1. The Labute approximate surface area is 146 Å². The van der Waals surface area contributed by atoms with Crippen molar-refractivity contribution in [1.29, 1.82) is 0 Å². The molecule has 0 saturated heterocycles. The van der Waals surface area contributed by atoms with Gasteiger partial charge in [0, 0.05) is 12.6 Å². The van der Waals surface area contributed by atoms with Gasteiger partial charge in [0.25, 0.3) is 10.0 Å². The summed E-state index contributed by atoms with van der Waals surface area (Å²) in [6, 6.07) is 7.27. The predicted molar refractivity (Wildman–Crippen MR) is 87.0 cm³/mol. The standard InChI is InChI=1S/C15H12ClF3N2O3S/c1-21(11-5-2-9(3-6-11)14(20)22)25(23,24)13-8-10(15(17,18)19)4-7-12(13)16/h2-8H,1H3,(H2,20,22). The zero-order valence-corrected chi connectivity index (χ0v) is 14.3. The Morgan fingerprint density at radius 3 is 2.16 bits per heavy atom. The first-order valence-corrected chi connectivity index (χ1v) is 8.52. The van der Waals surface area contributed by atoms with Crippen molar-refractivity contribution < 1.29 is 26.4 Å². The first-order valence-electron chi connectivity index (χ1n) is 6.70. The molecule has 134 valence electrons. The summed E-state index contributed by atoms with van der Waals surface area (Å²) in [5.74, 6) is -0.696. The van der Waals surface area contributed by atoms with E-state index >= 15 is 0 Å². The number of hydrogen-bond acceptors (Lipinski definition) is 3. The van der Waals surface area contributed by atoms with E-state index in [2.05, 4.69) is 0 Å². The third-order valence-corrected chi connectivity index (χ3v) is 5.68. The third-order valence-electron chi connectivity index (χ3n) is 3.41. The van der Waals surface area contributed by atoms with Crippen LogP contribution in [0.1, 0.15) is 15.9 Å². The number of carbonyl (C=O) groups is 1. The SMILES string of the molecule is CN(c1ccc(C(N)=O)cc1)S(=O)(=O)c1cc(C(F)(F)F)ccc1Cl. The van der Waals surface area contributed by atoms with Gasteiger partial charge >= 0.3 is 6.18 Å². The maximum Gasteiger partial charge on any atom is 0.416 e. The smallest absolute Gasteiger partial charge is 0.366 e. The summed E-state index contributed by atoms with van der Waals surface area (Å²) in [6.07, 6.45) is -4.71. The highest BCUT2D eigenvalue weighted by atomic mass is 35.5. The molecule has 0 aliphatic carbocycles. The fourth-order valence-corrected chi connectivity index (χ4v) is 3.69. The summed E-state index contributed by atoms with van der Waals surface area (Å²) in [6.45, 7) is 0. The predicted octanol–water partition coefficient (Wildman–Crippen LogP) is 3.28. The largest absolute Gasteiger partial charge is 0.416 e. The molecule has 0 spiro atoms. The lowest BCUT2D eigenvalue weighted by atomic mass is 10.2. The van der Waals surface area contributed by atoms with Crippen LogP contribution in [0.4, 0.5) is 18.9 Å². The molecule has 0 fully saturated rings. The zero-order chi connectivity index (χ0) is 19.0. The number of rotatable bonds is 4. The maximum absolute atomic E-state index is 12.8. The summed E-state index contributed by atoms with van der Waals surface area (Å²) >= 11 is 5.79. The van der Waals surface area contributed by atoms with Gasteiger partial charge < -0.3 is 5.73 Å². The van der Waals surface area contributed by atoms with Gasteiger partial charge in [0.05, 0.1) is 16.3 Å². The lowest BCUT2D eigenvalue weighted by molar-refractivity contribution is -0.137. The highest BCUT2D eigenvalue weighted by Crippen LogP contribution is 2.35. The number of sulfonamides is 1. The van der Waals surface area contributed by atoms with Crippen LogP contribution >= 0.6 is 11.6 Å². The molecule has 0 bridgehead atoms. The van der Waals surface area contributed by atoms with Crippen molar-refractivity contribution in [2.45, 2.75) is 11.1 Å². The molecule has 2 rings (SSSR count). The summed E-state index contributed by atoms with van der Waals surface area (Å²) < 4.78 is 64.5. The van der Waals surface area contributed by atoms with E-state index in [0.29, 0.717) is 12.1 Å². The molecule has 2 aromatic rings. The van der Waals surface area contributed by atoms with Crippen LogP contribution in [0.25, 0.3) is 0 Å². The number of halogens is 4. The van der Waals surface area contributed by atoms with Gasteiger partial charge in [-0.2, -0.15) is 13.2 Å². The van der Waals surface area contributed by atoms with Gasteiger partial charge in [0.1, 0.15) is 4.90 Å². The summed E-state index contributed by atoms with van der Waals surface area (Å²) in [5, 5.41) is -0.339. The van der Waals surface area contributed by atoms with Crippen molar-refractivity contribution in [2.75, 3.05) is 11.4 Å². The van der Waals surface area contributed by atoms with Gasteiger partial charge in [0.2, 0.25) is 5.91 Å². The van der Waals surface area contributed by atoms with Crippen LogP contribution in [0, 0.1) is 0 Å². The highest BCUT2D eigenvalue weighted by molar-refractivity contribution is 7.93. The van der Waals surface area contributed by atoms with Gasteiger partial charge in [-0.05, 0) is 42.5 Å². The molecule has 0 aliphatic rings. The van der Waals surface area contributed by atoms with Crippen molar-refractivity contribution >= 4 is 33.2 Å². The Bertz CT molecular complexity index is 913. The van der Waals surface area contributed by atoms with E-state index in [0.717, 1.165) is 17.4 Å². The minimum Gasteiger partial charge on any atom is -0.366 e. The number of nitrogens with two attached hydrogens (primary N) is 1. The lowest BCUT2D eigenvalue weighted by Gasteiger charge is -2.21. The summed E-state index contributed by atoms with van der Waals surface area (Å²) in [4.78, 5) is 10.4. The molecule has 0 atom stereocenters. The van der Waals surface area contributed by atoms with Crippen LogP contribution in [-0.2, 0) is 16.2 Å². The van der Waals surface area contributed by atoms with Crippen molar-refractivity contribution in [3.05, 3.63) is 58.6 Å². The van der Waals surface area contributed by atoms with Gasteiger partial charge in [-0.15, -0.1) is 0 Å². The van der Waals surface area contributed by atoms with E-state index < -0.39 is 32.6 Å². The molecular formula is C15H12ClF3N2O3S. The molecule has 2 aromatic carbocycles. The number of primary amides is 1. The van der Waals surface area contributed by atoms with Crippen LogP contribution in [0.15, 0.2) is 47.4 Å². The van der Waals surface area contributed by atoms with Gasteiger partial charge in [0.15, 0.2) is 0 Å². The van der Waals surface area contributed by atoms with Crippen molar-refractivity contribution in [3.63, 3.8) is 0 Å². The number of amides is 1. The van der Waals surface area contributed by atoms with Crippen LogP contribution in [0.5, 0.6) is 0 Å². The van der Waals surface area contributed by atoms with Crippen molar-refractivity contribution in [2.24, 2.45) is 5.73 Å². The molecule has 5 nitrogen and oxygen atoms in total. The molecule has 1 amide bonds. The van der Waals surface area contributed by atoms with E-state index in [9.17, 15) is 26.4 Å². The Hall–Kier alpha value is -2.26. The Morgan fingerprint density at radius 1 is 1.12 bits per heavy atom. The number of benzene rings is 2. The molecule has 2 N–H and O–H groups in total. The first kappa shape index (κ1) is 19.1. The topological polar surface area (TPSA) is 80.5 Å². The van der Waals surface area contributed by atoms with Crippen LogP contribution < -0.4 is 10.0 Å². The Kier molecular flexibility index (Phi) is 5.01. The molecule has 25 heavy (non-hydrogen) atoms. The molecule has 0 heterocycles. The number of nitrogens with zero attached hydrogens (tertiary/aromatic N) is 1. The fourth-order valence-electron chi connectivity index (χ4n) is 2.00. The van der Waals surface area contributed by atoms with E-state index in [1.165, 1.54) is 24.3 Å². The minimum absolute atomic E-state index is 0.124. The highest BCUT2D eigenvalue weighted by Gasteiger charge is 2.33. The second kappa shape index (κ2) is 6.57. The molecule has 10 heteroatoms. The quantitative estimate of drug-likeness (QED) is 0.867. The fraction of sp³-hybridized carbons (Fsp3) is 0.133. The third kappa shape index (κ3) is 3.88. The van der Waals surface area contributed by atoms with Gasteiger partial charge in [-0.3, -0.25) is 9.10 Å². The first-order chi connectivity index (χ1) is 11.4. The molecule has 0 aromatic heterocycles. The minimum atomic E-state index is -4.71. The summed E-state index contributed by atoms with van der Waals surface area (Å²) in [7, 11) is -3.20. The van der Waals surface area contributed by atoms with Crippen molar-refractivity contribution in [1.82, 2.24) is 0 Å². The number of alkyl halides is 3. The lowest BCUT2D eigenvalue weighted by Crippen LogP contribution is -2.27. The number of carbonyl (C=O) groups excluding carboxylic acids is 1. The molecule has 0 saturated carbocycles. The van der Waals surface area contributed by atoms with Crippen LogP contribution in [0.2, 0.25) is 5.02 Å². The average molecular weight is 393 g/mol. The molecule has 0 unspecified atom stereocenters. The van der Waals surface area contributed by atoms with Crippen LogP contribution in [0.3, 0.4) is 0 Å². The molecule has 0 radical (unpaired) electrons. The number of anilines is 1. The summed E-state index contributed by atoms with van der Waals surface area (Å²) in [5.41, 5.74) is 4.25.